The third-order valence-electron chi connectivity index (χ3n) is 3.09. The molecule has 3 nitrogen and oxygen atoms in total. The first-order valence-electron chi connectivity index (χ1n) is 5.31. The van der Waals surface area contributed by atoms with Crippen LogP contribution >= 0.6 is 12.2 Å². The Morgan fingerprint density at radius 3 is 2.81 bits per heavy atom. The summed E-state index contributed by atoms with van der Waals surface area (Å²) in [5, 5.41) is 4.45. The highest BCUT2D eigenvalue weighted by molar-refractivity contribution is 7.80. The second-order valence-corrected chi connectivity index (χ2v) is 4.51. The average molecular weight is 233 g/mol. The molecule has 0 heterocycles. The minimum Gasteiger partial charge on any atom is -0.375 e. The third-order valence-corrected chi connectivity index (χ3v) is 3.18. The zero-order chi connectivity index (χ0) is 11.7. The molecular weight excluding hydrogens is 218 g/mol. The van der Waals surface area contributed by atoms with E-state index >= 15 is 0 Å². The predicted octanol–water partition coefficient (Wildman–Crippen LogP) is 1.79. The van der Waals surface area contributed by atoms with Gasteiger partial charge in [0.1, 0.15) is 0 Å². The van der Waals surface area contributed by atoms with Crippen molar-refractivity contribution in [3.63, 3.8) is 0 Å². The Labute approximate surface area is 101 Å². The number of hydrogen-bond acceptors (Lipinski definition) is 2. The number of fused-ring (bicyclic) bond motifs is 1. The molecule has 0 atom stereocenters. The van der Waals surface area contributed by atoms with Crippen molar-refractivity contribution in [2.75, 3.05) is 0 Å². The molecule has 0 fully saturated rings. The van der Waals surface area contributed by atoms with Crippen LogP contribution in [0.3, 0.4) is 0 Å². The van der Waals surface area contributed by atoms with E-state index in [9.17, 15) is 0 Å². The molecular formula is C12H15N3S. The van der Waals surface area contributed by atoms with Crippen LogP contribution < -0.4 is 11.2 Å². The lowest BCUT2D eigenvalue weighted by atomic mass is 10.00. The highest BCUT2D eigenvalue weighted by Gasteiger charge is 2.20. The Bertz CT molecular complexity index is 477. The number of aryl methyl sites for hydroxylation is 1. The molecule has 0 radical (unpaired) electrons. The van der Waals surface area contributed by atoms with Gasteiger partial charge in [0.05, 0.1) is 5.71 Å². The summed E-state index contributed by atoms with van der Waals surface area (Å²) >= 11 is 4.73. The second-order valence-electron chi connectivity index (χ2n) is 4.07. The molecule has 3 N–H and O–H groups in total. The Morgan fingerprint density at radius 2 is 2.12 bits per heavy atom. The van der Waals surface area contributed by atoms with Crippen molar-refractivity contribution in [3.05, 3.63) is 34.4 Å². The van der Waals surface area contributed by atoms with Crippen molar-refractivity contribution < 1.29 is 0 Å². The number of rotatable bonds is 1. The third kappa shape index (κ3) is 1.93. The molecule has 0 aliphatic heterocycles. The summed E-state index contributed by atoms with van der Waals surface area (Å²) < 4.78 is 0. The number of benzene rings is 1. The first-order chi connectivity index (χ1) is 7.59. The van der Waals surface area contributed by atoms with Gasteiger partial charge in [-0.05, 0) is 55.6 Å². The van der Waals surface area contributed by atoms with Crippen molar-refractivity contribution in [2.45, 2.75) is 26.7 Å². The molecule has 1 aliphatic carbocycles. The lowest BCUT2D eigenvalue weighted by molar-refractivity contribution is 1.00. The molecule has 1 aromatic carbocycles. The zero-order valence-corrected chi connectivity index (χ0v) is 10.3. The van der Waals surface area contributed by atoms with Crippen LogP contribution in [-0.2, 0) is 6.42 Å². The van der Waals surface area contributed by atoms with Crippen molar-refractivity contribution >= 4 is 23.0 Å². The fraction of sp³-hybridized carbons (Fsp3) is 0.333. The number of nitrogens with two attached hydrogens (primary N) is 1. The summed E-state index contributed by atoms with van der Waals surface area (Å²) in [5.41, 5.74) is 14.4. The number of hydrogen-bond donors (Lipinski definition) is 2. The largest absolute Gasteiger partial charge is 0.375 e. The molecule has 0 aromatic heterocycles. The maximum Gasteiger partial charge on any atom is 0.184 e. The maximum absolute atomic E-state index is 5.36. The van der Waals surface area contributed by atoms with E-state index in [0.29, 0.717) is 0 Å². The van der Waals surface area contributed by atoms with Crippen molar-refractivity contribution in [1.82, 2.24) is 5.43 Å². The van der Waals surface area contributed by atoms with Crippen LogP contribution in [0.4, 0.5) is 0 Å². The molecule has 84 valence electrons. The summed E-state index contributed by atoms with van der Waals surface area (Å²) in [6, 6.07) is 4.26. The van der Waals surface area contributed by atoms with E-state index in [1.165, 1.54) is 22.3 Å². The Kier molecular flexibility index (Phi) is 2.92. The fourth-order valence-corrected chi connectivity index (χ4v) is 2.13. The molecule has 1 aliphatic rings. The Balaban J connectivity index is 2.37. The normalized spacial score (nSPS) is 16.2. The van der Waals surface area contributed by atoms with E-state index in [0.717, 1.165) is 18.6 Å². The SMILES string of the molecule is Cc1ccc2c(c1C)CC/C2=N\NC(N)=S. The lowest BCUT2D eigenvalue weighted by Gasteiger charge is -2.07. The van der Waals surface area contributed by atoms with Gasteiger partial charge in [-0.3, -0.25) is 5.43 Å². The van der Waals surface area contributed by atoms with Crippen LogP contribution in [0.5, 0.6) is 0 Å². The molecule has 0 saturated heterocycles. The number of thiocarbonyl (C=S) groups is 1. The highest BCUT2D eigenvalue weighted by Crippen LogP contribution is 2.27. The molecule has 16 heavy (non-hydrogen) atoms. The zero-order valence-electron chi connectivity index (χ0n) is 9.50. The van der Waals surface area contributed by atoms with Crippen LogP contribution in [0.2, 0.25) is 0 Å². The average Bonchev–Trinajstić information content (AvgIpc) is 2.64. The fourth-order valence-electron chi connectivity index (χ4n) is 2.08. The van der Waals surface area contributed by atoms with E-state index in [1.807, 2.05) is 0 Å². The number of hydrazone groups is 1. The molecule has 0 unspecified atom stereocenters. The van der Waals surface area contributed by atoms with Crippen molar-refractivity contribution in [1.29, 1.82) is 0 Å². The lowest BCUT2D eigenvalue weighted by Crippen LogP contribution is -2.25. The smallest absolute Gasteiger partial charge is 0.184 e. The Morgan fingerprint density at radius 1 is 1.38 bits per heavy atom. The first kappa shape index (κ1) is 11.1. The van der Waals surface area contributed by atoms with Gasteiger partial charge in [0.25, 0.3) is 0 Å². The minimum absolute atomic E-state index is 0.213. The quantitative estimate of drug-likeness (QED) is 0.574. The summed E-state index contributed by atoms with van der Waals surface area (Å²) in [6.45, 7) is 4.30. The number of nitrogens with zero attached hydrogens (tertiary/aromatic N) is 1. The maximum atomic E-state index is 5.36. The summed E-state index contributed by atoms with van der Waals surface area (Å²) in [6.07, 6.45) is 2.01. The predicted molar refractivity (Wildman–Crippen MR) is 70.7 cm³/mol. The van der Waals surface area contributed by atoms with E-state index in [4.69, 9.17) is 18.0 Å². The van der Waals surface area contributed by atoms with E-state index in [-0.39, 0.29) is 5.11 Å². The molecule has 0 saturated carbocycles. The van der Waals surface area contributed by atoms with Crippen LogP contribution in [-0.4, -0.2) is 10.8 Å². The van der Waals surface area contributed by atoms with Crippen LogP contribution in [0.15, 0.2) is 17.2 Å². The van der Waals surface area contributed by atoms with E-state index < -0.39 is 0 Å². The molecule has 0 spiro atoms. The van der Waals surface area contributed by atoms with Gasteiger partial charge in [-0.25, -0.2) is 0 Å². The van der Waals surface area contributed by atoms with E-state index in [2.05, 4.69) is 36.5 Å². The van der Waals surface area contributed by atoms with Crippen LogP contribution in [0.25, 0.3) is 0 Å². The summed E-state index contributed by atoms with van der Waals surface area (Å²) in [5.74, 6) is 0. The van der Waals surface area contributed by atoms with Crippen molar-refractivity contribution in [3.8, 4) is 0 Å². The monoisotopic (exact) mass is 233 g/mol. The van der Waals surface area contributed by atoms with Crippen LogP contribution in [0.1, 0.15) is 28.7 Å². The van der Waals surface area contributed by atoms with Crippen molar-refractivity contribution in [2.24, 2.45) is 10.8 Å². The summed E-state index contributed by atoms with van der Waals surface area (Å²) in [7, 11) is 0. The van der Waals surface area contributed by atoms with Crippen LogP contribution in [0, 0.1) is 13.8 Å². The van der Waals surface area contributed by atoms with Gasteiger partial charge in [0.2, 0.25) is 0 Å². The van der Waals surface area contributed by atoms with Gasteiger partial charge in [-0.15, -0.1) is 0 Å². The Hall–Kier alpha value is -1.42. The second kappa shape index (κ2) is 4.22. The topological polar surface area (TPSA) is 50.4 Å². The number of nitrogens with one attached hydrogen (secondary N) is 1. The standard InChI is InChI=1S/C12H15N3S/c1-7-3-4-10-9(8(7)2)5-6-11(10)14-15-12(13)16/h3-4H,5-6H2,1-2H3,(H3,13,15,16)/b14-11+. The highest BCUT2D eigenvalue weighted by atomic mass is 32.1. The first-order valence-corrected chi connectivity index (χ1v) is 5.72. The van der Waals surface area contributed by atoms with Gasteiger partial charge in [-0.1, -0.05) is 12.1 Å². The molecule has 2 rings (SSSR count). The molecule has 1 aromatic rings. The minimum atomic E-state index is 0.213. The van der Waals surface area contributed by atoms with Gasteiger partial charge >= 0.3 is 0 Å². The molecule has 4 heteroatoms. The van der Waals surface area contributed by atoms with Gasteiger partial charge in [0.15, 0.2) is 5.11 Å². The summed E-state index contributed by atoms with van der Waals surface area (Å²) in [4.78, 5) is 0. The van der Waals surface area contributed by atoms with E-state index in [1.54, 1.807) is 0 Å². The van der Waals surface area contributed by atoms with Gasteiger partial charge < -0.3 is 5.73 Å². The molecule has 0 amide bonds. The van der Waals surface area contributed by atoms with Gasteiger partial charge in [0, 0.05) is 5.56 Å². The molecule has 0 bridgehead atoms. The van der Waals surface area contributed by atoms with Gasteiger partial charge in [-0.2, -0.15) is 5.10 Å².